The number of carbonyl (C=O) groups excluding carboxylic acids is 4. The maximum Gasteiger partial charge on any atom is 0.338 e. The van der Waals surface area contributed by atoms with Crippen molar-refractivity contribution in [2.24, 2.45) is 0 Å². The standard InChI is InChI=1S/C23H21ClN2O6/c1-4-31-22(29)14-7-11-17(12-8-14)26-20(27)18(24)19(21(26)28)25-16-9-5-15(6-10-16)23(30)32-13(2)3/h5-13,25H,4H2,1-3H3. The van der Waals surface area contributed by atoms with Crippen LogP contribution in [0.3, 0.4) is 0 Å². The lowest BCUT2D eigenvalue weighted by Gasteiger charge is -2.15. The number of ether oxygens (including phenoxy) is 2. The molecule has 1 aliphatic rings. The van der Waals surface area contributed by atoms with Crippen molar-refractivity contribution in [3.05, 3.63) is 70.4 Å². The Balaban J connectivity index is 1.75. The molecular formula is C23H21ClN2O6. The number of amides is 2. The minimum absolute atomic E-state index is 0.0938. The van der Waals surface area contributed by atoms with E-state index in [1.54, 1.807) is 32.9 Å². The van der Waals surface area contributed by atoms with Crippen molar-refractivity contribution in [2.45, 2.75) is 26.9 Å². The van der Waals surface area contributed by atoms with Crippen LogP contribution in [0.2, 0.25) is 0 Å². The molecule has 0 fully saturated rings. The summed E-state index contributed by atoms with van der Waals surface area (Å²) in [4.78, 5) is 50.1. The van der Waals surface area contributed by atoms with Gasteiger partial charge in [0.15, 0.2) is 0 Å². The summed E-state index contributed by atoms with van der Waals surface area (Å²) in [6.07, 6.45) is -0.247. The topological polar surface area (TPSA) is 102 Å². The van der Waals surface area contributed by atoms with E-state index in [1.165, 1.54) is 36.4 Å². The Morgan fingerprint density at radius 1 is 0.938 bits per heavy atom. The average Bonchev–Trinajstić information content (AvgIpc) is 2.97. The first-order valence-corrected chi connectivity index (χ1v) is 10.2. The number of hydrogen-bond acceptors (Lipinski definition) is 7. The lowest BCUT2D eigenvalue weighted by atomic mass is 10.2. The highest BCUT2D eigenvalue weighted by Gasteiger charge is 2.39. The lowest BCUT2D eigenvalue weighted by Crippen LogP contribution is -2.32. The van der Waals surface area contributed by atoms with Crippen LogP contribution in [0, 0.1) is 0 Å². The number of benzene rings is 2. The first-order chi connectivity index (χ1) is 15.2. The van der Waals surface area contributed by atoms with E-state index in [0.29, 0.717) is 16.8 Å². The van der Waals surface area contributed by atoms with Crippen LogP contribution in [0.1, 0.15) is 41.5 Å². The second kappa shape index (κ2) is 9.65. The number of nitrogens with zero attached hydrogens (tertiary/aromatic N) is 1. The van der Waals surface area contributed by atoms with E-state index < -0.39 is 23.8 Å². The summed E-state index contributed by atoms with van der Waals surface area (Å²) < 4.78 is 10.1. The van der Waals surface area contributed by atoms with Crippen LogP contribution >= 0.6 is 11.6 Å². The first kappa shape index (κ1) is 23.0. The Hall–Kier alpha value is -3.65. The van der Waals surface area contributed by atoms with Crippen LogP contribution in [-0.2, 0) is 19.1 Å². The molecule has 1 aliphatic heterocycles. The molecule has 9 heteroatoms. The predicted molar refractivity (Wildman–Crippen MR) is 118 cm³/mol. The van der Waals surface area contributed by atoms with Gasteiger partial charge >= 0.3 is 11.9 Å². The quantitative estimate of drug-likeness (QED) is 0.498. The fourth-order valence-corrected chi connectivity index (χ4v) is 3.14. The Morgan fingerprint density at radius 2 is 1.50 bits per heavy atom. The average molecular weight is 457 g/mol. The van der Waals surface area contributed by atoms with Crippen LogP contribution in [-0.4, -0.2) is 36.5 Å². The zero-order valence-electron chi connectivity index (χ0n) is 17.7. The van der Waals surface area contributed by atoms with E-state index >= 15 is 0 Å². The maximum atomic E-state index is 12.9. The van der Waals surface area contributed by atoms with Gasteiger partial charge < -0.3 is 14.8 Å². The van der Waals surface area contributed by atoms with E-state index in [0.717, 1.165) is 4.90 Å². The van der Waals surface area contributed by atoms with Crippen LogP contribution in [0.25, 0.3) is 0 Å². The molecular weight excluding hydrogens is 436 g/mol. The molecule has 0 aliphatic carbocycles. The molecule has 2 aromatic carbocycles. The number of halogens is 1. The third-order valence-corrected chi connectivity index (χ3v) is 4.75. The highest BCUT2D eigenvalue weighted by Crippen LogP contribution is 2.30. The molecule has 8 nitrogen and oxygen atoms in total. The molecule has 0 aromatic heterocycles. The van der Waals surface area contributed by atoms with Crippen LogP contribution in [0.4, 0.5) is 11.4 Å². The van der Waals surface area contributed by atoms with Gasteiger partial charge in [0.2, 0.25) is 0 Å². The molecule has 0 atom stereocenters. The van der Waals surface area contributed by atoms with Gasteiger partial charge in [0.05, 0.1) is 29.5 Å². The third kappa shape index (κ3) is 4.81. The van der Waals surface area contributed by atoms with Crippen LogP contribution in [0.5, 0.6) is 0 Å². The summed E-state index contributed by atoms with van der Waals surface area (Å²) in [7, 11) is 0. The number of hydrogen-bond donors (Lipinski definition) is 1. The smallest absolute Gasteiger partial charge is 0.338 e. The Labute approximate surface area is 189 Å². The highest BCUT2D eigenvalue weighted by atomic mass is 35.5. The fourth-order valence-electron chi connectivity index (χ4n) is 2.92. The summed E-state index contributed by atoms with van der Waals surface area (Å²) in [5, 5.41) is 2.56. The number of rotatable bonds is 7. The maximum absolute atomic E-state index is 12.9. The monoisotopic (exact) mass is 456 g/mol. The van der Waals surface area contributed by atoms with Crippen molar-refractivity contribution < 1.29 is 28.7 Å². The fraction of sp³-hybridized carbons (Fsp3) is 0.217. The lowest BCUT2D eigenvalue weighted by molar-refractivity contribution is -0.120. The van der Waals surface area contributed by atoms with E-state index in [4.69, 9.17) is 21.1 Å². The molecule has 2 aromatic rings. The molecule has 0 spiro atoms. The number of anilines is 2. The number of carbonyl (C=O) groups is 4. The second-order valence-electron chi connectivity index (χ2n) is 7.06. The summed E-state index contributed by atoms with van der Waals surface area (Å²) in [5.41, 5.74) is 1.27. The molecule has 0 bridgehead atoms. The van der Waals surface area contributed by atoms with Crippen molar-refractivity contribution in [1.82, 2.24) is 0 Å². The first-order valence-electron chi connectivity index (χ1n) is 9.86. The van der Waals surface area contributed by atoms with Gasteiger partial charge in [-0.25, -0.2) is 14.5 Å². The molecule has 2 amide bonds. The Kier molecular flexibility index (Phi) is 6.95. The molecule has 0 saturated heterocycles. The van der Waals surface area contributed by atoms with Crippen molar-refractivity contribution in [2.75, 3.05) is 16.8 Å². The molecule has 166 valence electrons. The van der Waals surface area contributed by atoms with Crippen molar-refractivity contribution in [1.29, 1.82) is 0 Å². The summed E-state index contributed by atoms with van der Waals surface area (Å²) in [5.74, 6) is -2.31. The molecule has 0 saturated carbocycles. The minimum Gasteiger partial charge on any atom is -0.462 e. The van der Waals surface area contributed by atoms with E-state index in [1.807, 2.05) is 0 Å². The molecule has 0 unspecified atom stereocenters. The van der Waals surface area contributed by atoms with Gasteiger partial charge in [-0.15, -0.1) is 0 Å². The van der Waals surface area contributed by atoms with Crippen molar-refractivity contribution >= 4 is 46.7 Å². The van der Waals surface area contributed by atoms with Gasteiger partial charge in [-0.05, 0) is 69.3 Å². The number of imide groups is 1. The third-order valence-electron chi connectivity index (χ3n) is 4.40. The summed E-state index contributed by atoms with van der Waals surface area (Å²) in [6, 6.07) is 12.1. The van der Waals surface area contributed by atoms with Gasteiger partial charge in [-0.1, -0.05) is 11.6 Å². The highest BCUT2D eigenvalue weighted by molar-refractivity contribution is 6.53. The van der Waals surface area contributed by atoms with Crippen molar-refractivity contribution in [3.8, 4) is 0 Å². The van der Waals surface area contributed by atoms with Gasteiger partial charge in [0.25, 0.3) is 11.8 Å². The van der Waals surface area contributed by atoms with E-state index in [2.05, 4.69) is 5.32 Å². The molecule has 1 N–H and O–H groups in total. The SMILES string of the molecule is CCOC(=O)c1ccc(N2C(=O)C(Cl)=C(Nc3ccc(C(=O)OC(C)C)cc3)C2=O)cc1. The summed E-state index contributed by atoms with van der Waals surface area (Å²) >= 11 is 6.14. The minimum atomic E-state index is -0.694. The van der Waals surface area contributed by atoms with Crippen LogP contribution in [0.15, 0.2) is 59.3 Å². The molecule has 0 radical (unpaired) electrons. The summed E-state index contributed by atoms with van der Waals surface area (Å²) in [6.45, 7) is 5.43. The van der Waals surface area contributed by atoms with Crippen LogP contribution < -0.4 is 10.2 Å². The van der Waals surface area contributed by atoms with Gasteiger partial charge in [-0.3, -0.25) is 9.59 Å². The molecule has 3 rings (SSSR count). The van der Waals surface area contributed by atoms with Gasteiger partial charge in [0.1, 0.15) is 10.7 Å². The normalized spacial score (nSPS) is 13.6. The Bertz CT molecular complexity index is 1090. The zero-order valence-corrected chi connectivity index (χ0v) is 18.4. The Morgan fingerprint density at radius 3 is 2.06 bits per heavy atom. The molecule has 32 heavy (non-hydrogen) atoms. The van der Waals surface area contributed by atoms with E-state index in [-0.39, 0.29) is 29.1 Å². The van der Waals surface area contributed by atoms with Gasteiger partial charge in [-0.2, -0.15) is 0 Å². The predicted octanol–water partition coefficient (Wildman–Crippen LogP) is 3.86. The number of nitrogens with one attached hydrogen (secondary N) is 1. The van der Waals surface area contributed by atoms with Crippen molar-refractivity contribution in [3.63, 3.8) is 0 Å². The van der Waals surface area contributed by atoms with E-state index in [9.17, 15) is 19.2 Å². The largest absolute Gasteiger partial charge is 0.462 e. The molecule has 1 heterocycles. The number of esters is 2. The second-order valence-corrected chi connectivity index (χ2v) is 7.44. The zero-order chi connectivity index (χ0) is 23.4. The van der Waals surface area contributed by atoms with Gasteiger partial charge in [0, 0.05) is 5.69 Å².